The molecule has 3 nitrogen and oxygen atoms in total. The van der Waals surface area contributed by atoms with Gasteiger partial charge in [0.15, 0.2) is 0 Å². The molecule has 4 heteroatoms. The van der Waals surface area contributed by atoms with Crippen LogP contribution in [0.4, 0.5) is 0 Å². The molecule has 0 aromatic rings. The lowest BCUT2D eigenvalue weighted by Gasteiger charge is -2.26. The maximum atomic E-state index is 11.6. The molecule has 1 rings (SSSR count). The average molecular weight is 231 g/mol. The van der Waals surface area contributed by atoms with Crippen LogP contribution < -0.4 is 5.32 Å². The average Bonchev–Trinajstić information content (AvgIpc) is 2.27. The van der Waals surface area contributed by atoms with E-state index in [1.807, 2.05) is 25.6 Å². The maximum absolute atomic E-state index is 11.6. The van der Waals surface area contributed by atoms with Gasteiger partial charge in [-0.25, -0.2) is 0 Å². The van der Waals surface area contributed by atoms with Crippen LogP contribution in [-0.4, -0.2) is 36.2 Å². The molecule has 0 amide bonds. The highest BCUT2D eigenvalue weighted by molar-refractivity contribution is 7.99. The van der Waals surface area contributed by atoms with Gasteiger partial charge in [-0.05, 0) is 31.9 Å². The van der Waals surface area contributed by atoms with Gasteiger partial charge in [0, 0.05) is 11.8 Å². The molecule has 0 aromatic heterocycles. The topological polar surface area (TPSA) is 38.3 Å². The zero-order valence-electron chi connectivity index (χ0n) is 9.62. The quantitative estimate of drug-likeness (QED) is 0.732. The smallest absolute Gasteiger partial charge is 0.323 e. The molecule has 1 aliphatic rings. The number of hydrogen-bond acceptors (Lipinski definition) is 4. The minimum atomic E-state index is -0.117. The van der Waals surface area contributed by atoms with Gasteiger partial charge in [0.2, 0.25) is 0 Å². The van der Waals surface area contributed by atoms with E-state index in [9.17, 15) is 4.79 Å². The molecule has 1 aliphatic heterocycles. The van der Waals surface area contributed by atoms with E-state index in [1.165, 1.54) is 18.6 Å². The SMILES string of the molecule is CCOC(=O)C(CC)NC1CCCSC1. The number of rotatable bonds is 5. The highest BCUT2D eigenvalue weighted by atomic mass is 32.2. The molecular weight excluding hydrogens is 210 g/mol. The number of nitrogens with one attached hydrogen (secondary N) is 1. The molecule has 0 radical (unpaired) electrons. The molecular formula is C11H21NO2S. The van der Waals surface area contributed by atoms with Crippen LogP contribution in [0, 0.1) is 0 Å². The summed E-state index contributed by atoms with van der Waals surface area (Å²) in [4.78, 5) is 11.6. The lowest BCUT2D eigenvalue weighted by molar-refractivity contribution is -0.145. The van der Waals surface area contributed by atoms with Gasteiger partial charge in [0.1, 0.15) is 6.04 Å². The van der Waals surface area contributed by atoms with Crippen molar-refractivity contribution in [3.8, 4) is 0 Å². The van der Waals surface area contributed by atoms with Crippen LogP contribution in [0.2, 0.25) is 0 Å². The second-order valence-electron chi connectivity index (χ2n) is 3.79. The number of carbonyl (C=O) groups is 1. The zero-order valence-corrected chi connectivity index (χ0v) is 10.4. The summed E-state index contributed by atoms with van der Waals surface area (Å²) in [6.07, 6.45) is 3.24. The fourth-order valence-electron chi connectivity index (χ4n) is 1.75. The molecule has 2 unspecified atom stereocenters. The molecule has 1 saturated heterocycles. The van der Waals surface area contributed by atoms with Crippen molar-refractivity contribution in [3.05, 3.63) is 0 Å². The van der Waals surface area contributed by atoms with Crippen molar-refractivity contribution in [1.29, 1.82) is 0 Å². The first-order valence-electron chi connectivity index (χ1n) is 5.78. The Balaban J connectivity index is 2.34. The highest BCUT2D eigenvalue weighted by Gasteiger charge is 2.22. The van der Waals surface area contributed by atoms with E-state index >= 15 is 0 Å². The second kappa shape index (κ2) is 7.12. The van der Waals surface area contributed by atoms with E-state index in [1.54, 1.807) is 0 Å². The molecule has 0 spiro atoms. The Labute approximate surface area is 96.3 Å². The summed E-state index contributed by atoms with van der Waals surface area (Å²) >= 11 is 1.97. The monoisotopic (exact) mass is 231 g/mol. The van der Waals surface area contributed by atoms with Crippen molar-refractivity contribution in [1.82, 2.24) is 5.32 Å². The molecule has 88 valence electrons. The molecule has 0 aliphatic carbocycles. The molecule has 0 bridgehead atoms. The first-order chi connectivity index (χ1) is 7.27. The van der Waals surface area contributed by atoms with Crippen LogP contribution >= 0.6 is 11.8 Å². The summed E-state index contributed by atoms with van der Waals surface area (Å²) in [5.41, 5.74) is 0. The number of carbonyl (C=O) groups excluding carboxylic acids is 1. The van der Waals surface area contributed by atoms with Gasteiger partial charge in [-0.1, -0.05) is 6.92 Å². The zero-order chi connectivity index (χ0) is 11.1. The lowest BCUT2D eigenvalue weighted by atomic mass is 10.1. The van der Waals surface area contributed by atoms with Crippen molar-refractivity contribution in [2.24, 2.45) is 0 Å². The molecule has 15 heavy (non-hydrogen) atoms. The second-order valence-corrected chi connectivity index (χ2v) is 4.94. The van der Waals surface area contributed by atoms with Crippen LogP contribution in [0.5, 0.6) is 0 Å². The summed E-state index contributed by atoms with van der Waals surface area (Å²) in [7, 11) is 0. The van der Waals surface area contributed by atoms with Crippen LogP contribution in [0.1, 0.15) is 33.1 Å². The van der Waals surface area contributed by atoms with Crippen molar-refractivity contribution in [3.63, 3.8) is 0 Å². The number of thioether (sulfide) groups is 1. The first kappa shape index (κ1) is 12.8. The van der Waals surface area contributed by atoms with Crippen LogP contribution in [-0.2, 0) is 9.53 Å². The van der Waals surface area contributed by atoms with Crippen LogP contribution in [0.25, 0.3) is 0 Å². The predicted molar refractivity (Wildman–Crippen MR) is 64.2 cm³/mol. The molecule has 1 N–H and O–H groups in total. The third-order valence-corrected chi connectivity index (χ3v) is 3.79. The Morgan fingerprint density at radius 2 is 2.40 bits per heavy atom. The molecule has 2 atom stereocenters. The Hall–Kier alpha value is -0.220. The Kier molecular flexibility index (Phi) is 6.10. The molecule has 0 saturated carbocycles. The van der Waals surface area contributed by atoms with E-state index in [4.69, 9.17) is 4.74 Å². The minimum absolute atomic E-state index is 0.101. The fraction of sp³-hybridized carbons (Fsp3) is 0.909. The van der Waals surface area contributed by atoms with Crippen molar-refractivity contribution < 1.29 is 9.53 Å². The highest BCUT2D eigenvalue weighted by Crippen LogP contribution is 2.17. The van der Waals surface area contributed by atoms with Crippen LogP contribution in [0.15, 0.2) is 0 Å². The Bertz CT molecular complexity index is 193. The van der Waals surface area contributed by atoms with E-state index in [-0.39, 0.29) is 12.0 Å². The fourth-order valence-corrected chi connectivity index (χ4v) is 2.84. The number of ether oxygens (including phenoxy) is 1. The van der Waals surface area contributed by atoms with Crippen LogP contribution in [0.3, 0.4) is 0 Å². The van der Waals surface area contributed by atoms with Gasteiger partial charge in [-0.3, -0.25) is 4.79 Å². The normalized spacial score (nSPS) is 23.5. The van der Waals surface area contributed by atoms with Crippen molar-refractivity contribution in [2.45, 2.75) is 45.2 Å². The van der Waals surface area contributed by atoms with Gasteiger partial charge in [-0.2, -0.15) is 11.8 Å². The van der Waals surface area contributed by atoms with Gasteiger partial charge in [0.25, 0.3) is 0 Å². The van der Waals surface area contributed by atoms with Gasteiger partial charge < -0.3 is 10.1 Å². The predicted octanol–water partition coefficient (Wildman–Crippen LogP) is 1.81. The van der Waals surface area contributed by atoms with E-state index < -0.39 is 0 Å². The van der Waals surface area contributed by atoms with Gasteiger partial charge in [0.05, 0.1) is 6.61 Å². The first-order valence-corrected chi connectivity index (χ1v) is 6.93. The third kappa shape index (κ3) is 4.43. The standard InChI is InChI=1S/C11H21NO2S/c1-3-10(11(13)14-4-2)12-9-6-5-7-15-8-9/h9-10,12H,3-8H2,1-2H3. The number of esters is 1. The summed E-state index contributed by atoms with van der Waals surface area (Å²) < 4.78 is 5.03. The molecule has 0 aromatic carbocycles. The summed E-state index contributed by atoms with van der Waals surface area (Å²) in [5.74, 6) is 2.28. The molecule has 1 heterocycles. The Morgan fingerprint density at radius 1 is 1.60 bits per heavy atom. The summed E-state index contributed by atoms with van der Waals surface area (Å²) in [5, 5.41) is 3.39. The maximum Gasteiger partial charge on any atom is 0.323 e. The summed E-state index contributed by atoms with van der Waals surface area (Å²) in [6, 6.07) is 0.367. The largest absolute Gasteiger partial charge is 0.465 e. The van der Waals surface area contributed by atoms with Gasteiger partial charge >= 0.3 is 5.97 Å². The van der Waals surface area contributed by atoms with E-state index in [0.717, 1.165) is 12.2 Å². The van der Waals surface area contributed by atoms with E-state index in [0.29, 0.717) is 12.6 Å². The Morgan fingerprint density at radius 3 is 2.93 bits per heavy atom. The third-order valence-electron chi connectivity index (χ3n) is 2.58. The number of hydrogen-bond donors (Lipinski definition) is 1. The summed E-state index contributed by atoms with van der Waals surface area (Å²) in [6.45, 7) is 4.34. The lowest BCUT2D eigenvalue weighted by Crippen LogP contribution is -2.45. The van der Waals surface area contributed by atoms with Gasteiger partial charge in [-0.15, -0.1) is 0 Å². The van der Waals surface area contributed by atoms with E-state index in [2.05, 4.69) is 5.32 Å². The minimum Gasteiger partial charge on any atom is -0.465 e. The van der Waals surface area contributed by atoms with Crippen molar-refractivity contribution in [2.75, 3.05) is 18.1 Å². The van der Waals surface area contributed by atoms with Crippen molar-refractivity contribution >= 4 is 17.7 Å². The molecule has 1 fully saturated rings.